The van der Waals surface area contributed by atoms with Gasteiger partial charge in [-0.2, -0.15) is 0 Å². The Morgan fingerprint density at radius 3 is 2.54 bits per heavy atom. The summed E-state index contributed by atoms with van der Waals surface area (Å²) in [5.41, 5.74) is 10.3. The molecule has 0 amide bonds. The van der Waals surface area contributed by atoms with Crippen molar-refractivity contribution in [2.75, 3.05) is 37.9 Å². The topological polar surface area (TPSA) is 56.5 Å². The molecule has 0 fully saturated rings. The van der Waals surface area contributed by atoms with E-state index in [4.69, 9.17) is 15.2 Å². The van der Waals surface area contributed by atoms with E-state index in [9.17, 15) is 0 Å². The van der Waals surface area contributed by atoms with E-state index in [1.165, 1.54) is 5.56 Å². The van der Waals surface area contributed by atoms with Gasteiger partial charge in [0, 0.05) is 31.3 Å². The summed E-state index contributed by atoms with van der Waals surface area (Å²) in [6.45, 7) is 5.01. The van der Waals surface area contributed by atoms with Gasteiger partial charge in [-0.3, -0.25) is 0 Å². The number of nitrogens with two attached hydrogens (primary N) is 1. The SMILES string of the molecule is COCCC(CCOCc1ccccc1)CNc1ccc(Br)c(C)c1N. The molecular weight excluding hydrogens is 392 g/mol. The highest BCUT2D eigenvalue weighted by molar-refractivity contribution is 9.10. The van der Waals surface area contributed by atoms with Crippen molar-refractivity contribution in [3.05, 3.63) is 58.1 Å². The van der Waals surface area contributed by atoms with Gasteiger partial charge < -0.3 is 20.5 Å². The van der Waals surface area contributed by atoms with E-state index in [1.54, 1.807) is 7.11 Å². The molecule has 0 heterocycles. The molecule has 2 aromatic rings. The Hall–Kier alpha value is -1.56. The van der Waals surface area contributed by atoms with Crippen LogP contribution in [0.4, 0.5) is 11.4 Å². The fourth-order valence-electron chi connectivity index (χ4n) is 2.76. The van der Waals surface area contributed by atoms with Crippen LogP contribution in [0.15, 0.2) is 46.9 Å². The van der Waals surface area contributed by atoms with Crippen molar-refractivity contribution in [2.45, 2.75) is 26.4 Å². The summed E-state index contributed by atoms with van der Waals surface area (Å²) >= 11 is 3.51. The van der Waals surface area contributed by atoms with Gasteiger partial charge in [-0.25, -0.2) is 0 Å². The van der Waals surface area contributed by atoms with E-state index in [0.717, 1.165) is 54.0 Å². The van der Waals surface area contributed by atoms with E-state index in [1.807, 2.05) is 37.3 Å². The monoisotopic (exact) mass is 420 g/mol. The number of hydrogen-bond donors (Lipinski definition) is 2. The minimum atomic E-state index is 0.467. The highest BCUT2D eigenvalue weighted by Gasteiger charge is 2.11. The lowest BCUT2D eigenvalue weighted by atomic mass is 10.0. The molecule has 1 unspecified atom stereocenters. The number of hydrogen-bond acceptors (Lipinski definition) is 4. The Kier molecular flexibility index (Phi) is 8.95. The summed E-state index contributed by atoms with van der Waals surface area (Å²) in [6.07, 6.45) is 1.98. The number of benzene rings is 2. The standard InChI is InChI=1S/C21H29BrN2O2/c1-16-19(22)8-9-20(21(16)23)24-14-17(10-12-25-2)11-13-26-15-18-6-4-3-5-7-18/h3-9,17,24H,10-15,23H2,1-2H3. The Labute approximate surface area is 165 Å². The molecule has 5 heteroatoms. The van der Waals surface area contributed by atoms with Crippen LogP contribution in [0, 0.1) is 12.8 Å². The van der Waals surface area contributed by atoms with Gasteiger partial charge in [0.25, 0.3) is 0 Å². The van der Waals surface area contributed by atoms with Crippen LogP contribution >= 0.6 is 15.9 Å². The van der Waals surface area contributed by atoms with Gasteiger partial charge in [0.1, 0.15) is 0 Å². The van der Waals surface area contributed by atoms with Gasteiger partial charge in [-0.15, -0.1) is 0 Å². The van der Waals surface area contributed by atoms with Crippen molar-refractivity contribution in [3.8, 4) is 0 Å². The van der Waals surface area contributed by atoms with Gasteiger partial charge in [0.15, 0.2) is 0 Å². The first-order valence-electron chi connectivity index (χ1n) is 9.01. The molecule has 0 saturated carbocycles. The normalized spacial score (nSPS) is 12.1. The van der Waals surface area contributed by atoms with E-state index < -0.39 is 0 Å². The number of methoxy groups -OCH3 is 1. The predicted octanol–water partition coefficient (Wildman–Crippen LogP) is 5.01. The highest BCUT2D eigenvalue weighted by atomic mass is 79.9. The van der Waals surface area contributed by atoms with E-state index in [2.05, 4.69) is 33.4 Å². The Bertz CT molecular complexity index is 665. The molecule has 0 aliphatic heterocycles. The molecule has 4 nitrogen and oxygen atoms in total. The lowest BCUT2D eigenvalue weighted by Crippen LogP contribution is -2.19. The van der Waals surface area contributed by atoms with Crippen LogP contribution in [0.25, 0.3) is 0 Å². The molecule has 0 radical (unpaired) electrons. The second kappa shape index (κ2) is 11.2. The molecule has 26 heavy (non-hydrogen) atoms. The predicted molar refractivity (Wildman–Crippen MR) is 112 cm³/mol. The summed E-state index contributed by atoms with van der Waals surface area (Å²) in [5.74, 6) is 0.467. The van der Waals surface area contributed by atoms with Gasteiger partial charge in [0.05, 0.1) is 18.0 Å². The lowest BCUT2D eigenvalue weighted by molar-refractivity contribution is 0.101. The molecule has 1 atom stereocenters. The van der Waals surface area contributed by atoms with Crippen LogP contribution in [0.3, 0.4) is 0 Å². The third-order valence-electron chi connectivity index (χ3n) is 4.54. The Morgan fingerprint density at radius 1 is 1.08 bits per heavy atom. The van der Waals surface area contributed by atoms with Crippen LogP contribution in [0.1, 0.15) is 24.0 Å². The molecule has 0 saturated heterocycles. The first-order valence-corrected chi connectivity index (χ1v) is 9.80. The van der Waals surface area contributed by atoms with Crippen LogP contribution in [-0.4, -0.2) is 26.9 Å². The van der Waals surface area contributed by atoms with Crippen molar-refractivity contribution in [1.29, 1.82) is 0 Å². The third-order valence-corrected chi connectivity index (χ3v) is 5.40. The number of halogens is 1. The maximum atomic E-state index is 6.21. The molecule has 0 aliphatic carbocycles. The molecule has 2 rings (SSSR count). The van der Waals surface area contributed by atoms with Gasteiger partial charge in [-0.05, 0) is 48.9 Å². The van der Waals surface area contributed by atoms with Crippen molar-refractivity contribution < 1.29 is 9.47 Å². The molecule has 3 N–H and O–H groups in total. The number of rotatable bonds is 11. The van der Waals surface area contributed by atoms with Gasteiger partial charge in [-0.1, -0.05) is 46.3 Å². The molecule has 0 aliphatic rings. The molecule has 0 spiro atoms. The Morgan fingerprint density at radius 2 is 1.81 bits per heavy atom. The number of nitrogens with one attached hydrogen (secondary N) is 1. The van der Waals surface area contributed by atoms with E-state index in [-0.39, 0.29) is 0 Å². The van der Waals surface area contributed by atoms with Crippen LogP contribution in [0.2, 0.25) is 0 Å². The second-order valence-electron chi connectivity index (χ2n) is 6.49. The number of ether oxygens (including phenoxy) is 2. The zero-order valence-electron chi connectivity index (χ0n) is 15.6. The fourth-order valence-corrected chi connectivity index (χ4v) is 3.10. The first kappa shape index (κ1) is 20.7. The van der Waals surface area contributed by atoms with Crippen molar-refractivity contribution in [2.24, 2.45) is 5.92 Å². The summed E-state index contributed by atoms with van der Waals surface area (Å²) in [6, 6.07) is 14.3. The third kappa shape index (κ3) is 6.63. The second-order valence-corrected chi connectivity index (χ2v) is 7.34. The average Bonchev–Trinajstić information content (AvgIpc) is 2.67. The zero-order valence-corrected chi connectivity index (χ0v) is 17.2. The molecule has 2 aromatic carbocycles. The van der Waals surface area contributed by atoms with E-state index >= 15 is 0 Å². The minimum absolute atomic E-state index is 0.467. The quantitative estimate of drug-likeness (QED) is 0.396. The Balaban J connectivity index is 1.81. The summed E-state index contributed by atoms with van der Waals surface area (Å²) < 4.78 is 12.1. The summed E-state index contributed by atoms with van der Waals surface area (Å²) in [7, 11) is 1.74. The minimum Gasteiger partial charge on any atom is -0.397 e. The van der Waals surface area contributed by atoms with Crippen molar-refractivity contribution in [1.82, 2.24) is 0 Å². The summed E-state index contributed by atoms with van der Waals surface area (Å²) in [4.78, 5) is 0. The molecule has 142 valence electrons. The zero-order chi connectivity index (χ0) is 18.8. The van der Waals surface area contributed by atoms with Crippen LogP contribution in [0.5, 0.6) is 0 Å². The average molecular weight is 421 g/mol. The largest absolute Gasteiger partial charge is 0.397 e. The molecule has 0 bridgehead atoms. The fraction of sp³-hybridized carbons (Fsp3) is 0.429. The number of anilines is 2. The first-order chi connectivity index (χ1) is 12.6. The molecule has 0 aromatic heterocycles. The van der Waals surface area contributed by atoms with Crippen molar-refractivity contribution in [3.63, 3.8) is 0 Å². The maximum absolute atomic E-state index is 6.21. The highest BCUT2D eigenvalue weighted by Crippen LogP contribution is 2.29. The van der Waals surface area contributed by atoms with E-state index in [0.29, 0.717) is 12.5 Å². The lowest BCUT2D eigenvalue weighted by Gasteiger charge is -2.20. The van der Waals surface area contributed by atoms with Gasteiger partial charge in [0.2, 0.25) is 0 Å². The van der Waals surface area contributed by atoms with Crippen LogP contribution < -0.4 is 11.1 Å². The summed E-state index contributed by atoms with van der Waals surface area (Å²) in [5, 5.41) is 3.49. The number of nitrogen functional groups attached to an aromatic ring is 1. The maximum Gasteiger partial charge on any atom is 0.0716 e. The van der Waals surface area contributed by atoms with Crippen molar-refractivity contribution >= 4 is 27.3 Å². The smallest absolute Gasteiger partial charge is 0.0716 e. The molecular formula is C21H29BrN2O2. The van der Waals surface area contributed by atoms with Crippen LogP contribution in [-0.2, 0) is 16.1 Å². The van der Waals surface area contributed by atoms with Gasteiger partial charge >= 0.3 is 0 Å².